The summed E-state index contributed by atoms with van der Waals surface area (Å²) in [6.07, 6.45) is -0.955. The second kappa shape index (κ2) is 5.07. The van der Waals surface area contributed by atoms with Gasteiger partial charge < -0.3 is 9.88 Å². The number of H-pyrrole nitrogens is 1. The van der Waals surface area contributed by atoms with Crippen molar-refractivity contribution in [2.75, 3.05) is 13.1 Å². The Morgan fingerprint density at radius 3 is 2.89 bits per heavy atom. The third-order valence-electron chi connectivity index (χ3n) is 3.20. The third-order valence-corrected chi connectivity index (χ3v) is 3.20. The monoisotopic (exact) mass is 273 g/mol. The van der Waals surface area contributed by atoms with Crippen molar-refractivity contribution < 1.29 is 18.0 Å². The van der Waals surface area contributed by atoms with Crippen molar-refractivity contribution in [3.63, 3.8) is 0 Å². The molecule has 1 amide bonds. The van der Waals surface area contributed by atoms with Crippen LogP contribution in [-0.4, -0.2) is 33.9 Å². The summed E-state index contributed by atoms with van der Waals surface area (Å²) >= 11 is 0. The number of halogens is 3. The molecule has 1 aliphatic heterocycles. The van der Waals surface area contributed by atoms with Crippen molar-refractivity contribution in [3.8, 4) is 0 Å². The van der Waals surface area contributed by atoms with Gasteiger partial charge in [0.1, 0.15) is 11.5 Å². The molecule has 2 heterocycles. The van der Waals surface area contributed by atoms with E-state index in [2.05, 4.69) is 16.5 Å². The average Bonchev–Trinajstić information content (AvgIpc) is 2.87. The van der Waals surface area contributed by atoms with E-state index in [0.29, 0.717) is 19.5 Å². The summed E-state index contributed by atoms with van der Waals surface area (Å²) < 4.78 is 37.4. The number of aromatic amines is 1. The number of nitrogens with one attached hydrogen (secondary N) is 1. The number of carbonyl (C=O) groups is 1. The fourth-order valence-corrected chi connectivity index (χ4v) is 2.22. The number of likely N-dealkylation sites (tertiary alicyclic amines) is 1. The molecule has 19 heavy (non-hydrogen) atoms. The fraction of sp³-hybridized carbons (Fsp3) is 0.500. The number of imidazole rings is 1. The molecule has 1 fully saturated rings. The van der Waals surface area contributed by atoms with Crippen molar-refractivity contribution in [2.45, 2.75) is 24.9 Å². The molecule has 1 atom stereocenters. The van der Waals surface area contributed by atoms with Crippen LogP contribution in [0.15, 0.2) is 18.9 Å². The van der Waals surface area contributed by atoms with Crippen LogP contribution in [0.4, 0.5) is 13.2 Å². The highest BCUT2D eigenvalue weighted by molar-refractivity contribution is 5.87. The summed E-state index contributed by atoms with van der Waals surface area (Å²) in [7, 11) is 0. The Morgan fingerprint density at radius 2 is 2.32 bits per heavy atom. The molecule has 0 spiro atoms. The van der Waals surface area contributed by atoms with Gasteiger partial charge in [-0.3, -0.25) is 4.79 Å². The Hall–Kier alpha value is -1.79. The van der Waals surface area contributed by atoms with Crippen molar-refractivity contribution in [2.24, 2.45) is 0 Å². The van der Waals surface area contributed by atoms with Crippen molar-refractivity contribution in [3.05, 3.63) is 30.4 Å². The molecule has 1 aromatic rings. The molecule has 4 nitrogen and oxygen atoms in total. The minimum atomic E-state index is -4.42. The molecule has 0 bridgehead atoms. The molecule has 0 unspecified atom stereocenters. The molecule has 2 rings (SSSR count). The van der Waals surface area contributed by atoms with E-state index >= 15 is 0 Å². The number of amides is 1. The lowest BCUT2D eigenvalue weighted by molar-refractivity contribution is -0.141. The second-order valence-electron chi connectivity index (χ2n) is 4.51. The van der Waals surface area contributed by atoms with Gasteiger partial charge in [-0.25, -0.2) is 4.98 Å². The molecule has 0 aromatic carbocycles. The highest BCUT2D eigenvalue weighted by atomic mass is 19.4. The largest absolute Gasteiger partial charge is 0.432 e. The number of rotatable bonds is 2. The fourth-order valence-electron chi connectivity index (χ4n) is 2.22. The van der Waals surface area contributed by atoms with Crippen LogP contribution < -0.4 is 0 Å². The van der Waals surface area contributed by atoms with E-state index in [1.807, 2.05) is 0 Å². The number of alkyl halides is 3. The zero-order chi connectivity index (χ0) is 14.0. The van der Waals surface area contributed by atoms with Gasteiger partial charge in [-0.1, -0.05) is 6.58 Å². The number of nitrogens with zero attached hydrogens (tertiary/aromatic N) is 2. The van der Waals surface area contributed by atoms with Crippen LogP contribution in [0.1, 0.15) is 30.3 Å². The number of aromatic nitrogens is 2. The SMILES string of the molecule is C=CC(=O)N1CCC[C@H](c2ncc(C(F)(F)F)[nH]2)C1. The second-order valence-corrected chi connectivity index (χ2v) is 4.51. The number of piperidine rings is 1. The van der Waals surface area contributed by atoms with Crippen LogP contribution in [-0.2, 0) is 11.0 Å². The maximum absolute atomic E-state index is 12.5. The Morgan fingerprint density at radius 1 is 1.58 bits per heavy atom. The van der Waals surface area contributed by atoms with Gasteiger partial charge in [0.05, 0.1) is 6.20 Å². The van der Waals surface area contributed by atoms with E-state index in [0.717, 1.165) is 12.6 Å². The maximum atomic E-state index is 12.5. The first-order chi connectivity index (χ1) is 8.91. The number of hydrogen-bond acceptors (Lipinski definition) is 2. The van der Waals surface area contributed by atoms with Crippen molar-refractivity contribution in [1.29, 1.82) is 0 Å². The standard InChI is InChI=1S/C12H14F3N3O/c1-2-10(19)18-5-3-4-8(7-18)11-16-6-9(17-11)12(13,14)15/h2,6,8H,1,3-5,7H2,(H,16,17)/t8-/m0/s1. The Labute approximate surface area is 108 Å². The van der Waals surface area contributed by atoms with E-state index in [-0.39, 0.29) is 17.6 Å². The molecule has 1 saturated heterocycles. The number of carbonyl (C=O) groups excluding carboxylic acids is 1. The summed E-state index contributed by atoms with van der Waals surface area (Å²) in [6.45, 7) is 4.38. The van der Waals surface area contributed by atoms with Crippen LogP contribution in [0.25, 0.3) is 0 Å². The highest BCUT2D eigenvalue weighted by Gasteiger charge is 2.34. The van der Waals surface area contributed by atoms with Crippen molar-refractivity contribution in [1.82, 2.24) is 14.9 Å². The Kier molecular flexibility index (Phi) is 3.64. The zero-order valence-corrected chi connectivity index (χ0v) is 10.2. The predicted molar refractivity (Wildman–Crippen MR) is 62.3 cm³/mol. The first kappa shape index (κ1) is 13.6. The summed E-state index contributed by atoms with van der Waals surface area (Å²) in [6, 6.07) is 0. The maximum Gasteiger partial charge on any atom is 0.432 e. The predicted octanol–water partition coefficient (Wildman–Crippen LogP) is 2.32. The lowest BCUT2D eigenvalue weighted by Crippen LogP contribution is -2.38. The summed E-state index contributed by atoms with van der Waals surface area (Å²) in [5.74, 6) is -0.102. The van der Waals surface area contributed by atoms with Gasteiger partial charge in [-0.05, 0) is 18.9 Å². The highest BCUT2D eigenvalue weighted by Crippen LogP contribution is 2.30. The molecular formula is C12H14F3N3O. The molecule has 1 aliphatic rings. The van der Waals surface area contributed by atoms with Crippen LogP contribution in [0, 0.1) is 0 Å². The summed E-state index contributed by atoms with van der Waals surface area (Å²) in [5, 5.41) is 0. The third kappa shape index (κ3) is 2.97. The van der Waals surface area contributed by atoms with Gasteiger partial charge in [-0.2, -0.15) is 13.2 Å². The molecule has 7 heteroatoms. The number of hydrogen-bond donors (Lipinski definition) is 1. The van der Waals surface area contributed by atoms with E-state index in [4.69, 9.17) is 0 Å². The van der Waals surface area contributed by atoms with Gasteiger partial charge in [0.15, 0.2) is 0 Å². The van der Waals surface area contributed by atoms with Gasteiger partial charge in [0, 0.05) is 19.0 Å². The van der Waals surface area contributed by atoms with Crippen LogP contribution >= 0.6 is 0 Å². The normalized spacial score (nSPS) is 20.4. The van der Waals surface area contributed by atoms with Gasteiger partial charge >= 0.3 is 6.18 Å². The lowest BCUT2D eigenvalue weighted by Gasteiger charge is -2.31. The van der Waals surface area contributed by atoms with E-state index in [1.165, 1.54) is 6.08 Å². The molecule has 0 aliphatic carbocycles. The summed E-state index contributed by atoms with van der Waals surface area (Å²) in [5.41, 5.74) is -0.852. The Bertz CT molecular complexity index is 481. The minimum Gasteiger partial charge on any atom is -0.338 e. The van der Waals surface area contributed by atoms with E-state index in [9.17, 15) is 18.0 Å². The van der Waals surface area contributed by atoms with Gasteiger partial charge in [-0.15, -0.1) is 0 Å². The molecule has 1 N–H and O–H groups in total. The minimum absolute atomic E-state index is 0.186. The first-order valence-corrected chi connectivity index (χ1v) is 5.95. The van der Waals surface area contributed by atoms with Crippen LogP contribution in [0.5, 0.6) is 0 Å². The van der Waals surface area contributed by atoms with Crippen molar-refractivity contribution >= 4 is 5.91 Å². The van der Waals surface area contributed by atoms with Gasteiger partial charge in [0.2, 0.25) is 5.91 Å². The quantitative estimate of drug-likeness (QED) is 0.841. The smallest absolute Gasteiger partial charge is 0.338 e. The molecule has 1 aromatic heterocycles. The zero-order valence-electron chi connectivity index (χ0n) is 10.2. The molecule has 0 saturated carbocycles. The molecule has 104 valence electrons. The lowest BCUT2D eigenvalue weighted by atomic mass is 9.97. The molecule has 0 radical (unpaired) electrons. The topological polar surface area (TPSA) is 49.0 Å². The summed E-state index contributed by atoms with van der Waals surface area (Å²) in [4.78, 5) is 19.2. The van der Waals surface area contributed by atoms with Gasteiger partial charge in [0.25, 0.3) is 0 Å². The Balaban J connectivity index is 2.11. The average molecular weight is 273 g/mol. The molecular weight excluding hydrogens is 259 g/mol. The first-order valence-electron chi connectivity index (χ1n) is 5.95. The van der Waals surface area contributed by atoms with E-state index in [1.54, 1.807) is 4.90 Å². The van der Waals surface area contributed by atoms with E-state index < -0.39 is 11.9 Å². The van der Waals surface area contributed by atoms with Crippen LogP contribution in [0.2, 0.25) is 0 Å². The van der Waals surface area contributed by atoms with Crippen LogP contribution in [0.3, 0.4) is 0 Å².